The second-order valence-corrected chi connectivity index (χ2v) is 10.2. The lowest BCUT2D eigenvalue weighted by molar-refractivity contribution is 0.0526. The molecule has 5 rings (SSSR count). The van der Waals surface area contributed by atoms with E-state index in [0.29, 0.717) is 64.1 Å². The number of aryl methyl sites for hydroxylation is 1. The summed E-state index contributed by atoms with van der Waals surface area (Å²) in [7, 11) is 0. The van der Waals surface area contributed by atoms with Gasteiger partial charge < -0.3 is 30.0 Å². The van der Waals surface area contributed by atoms with Crippen molar-refractivity contribution in [3.63, 3.8) is 0 Å². The molecule has 1 atom stereocenters. The number of pyridine rings is 1. The average Bonchev–Trinajstić information content (AvgIpc) is 3.26. The minimum Gasteiger partial charge on any atom is -0.507 e. The average molecular weight is 532 g/mol. The number of hydrogen-bond donors (Lipinski definition) is 3. The fourth-order valence-electron chi connectivity index (χ4n) is 5.51. The number of aromatic nitrogens is 1. The van der Waals surface area contributed by atoms with E-state index in [1.54, 1.807) is 26.2 Å². The van der Waals surface area contributed by atoms with Gasteiger partial charge in [0.05, 0.1) is 19.3 Å². The van der Waals surface area contributed by atoms with Crippen LogP contribution >= 0.6 is 0 Å². The van der Waals surface area contributed by atoms with Crippen LogP contribution in [0.15, 0.2) is 47.1 Å². The standard InChI is InChI=1S/C31H37N3O5/c1-3-37-31(36)25-19(2)39-30-24-18-22(38-17-5-8-20-6-4-7-20)9-10-23(24)29(35)27(26(25)30)28(34-16-13-32)21-11-14-33-15-12-21/h9-12,14-15,18,20,28,34-35H,3-8,13,16-17,32H2,1-2H3. The molecular formula is C31H37N3O5. The number of benzene rings is 2. The number of phenols is 1. The van der Waals surface area contributed by atoms with E-state index in [-0.39, 0.29) is 12.4 Å². The van der Waals surface area contributed by atoms with E-state index in [0.717, 1.165) is 17.9 Å². The molecule has 0 radical (unpaired) electrons. The predicted octanol–water partition coefficient (Wildman–Crippen LogP) is 5.77. The molecule has 1 saturated carbocycles. The molecule has 0 amide bonds. The first-order chi connectivity index (χ1) is 19.0. The summed E-state index contributed by atoms with van der Waals surface area (Å²) in [5, 5.41) is 17.0. The van der Waals surface area contributed by atoms with Crippen LogP contribution in [0.3, 0.4) is 0 Å². The zero-order chi connectivity index (χ0) is 27.4. The van der Waals surface area contributed by atoms with Crippen LogP contribution in [-0.2, 0) is 4.74 Å². The summed E-state index contributed by atoms with van der Waals surface area (Å²) in [6.07, 6.45) is 9.60. The zero-order valence-electron chi connectivity index (χ0n) is 22.7. The Hall–Kier alpha value is -3.62. The summed E-state index contributed by atoms with van der Waals surface area (Å²) >= 11 is 0. The minimum atomic E-state index is -0.496. The van der Waals surface area contributed by atoms with Crippen LogP contribution in [0.4, 0.5) is 0 Å². The second-order valence-electron chi connectivity index (χ2n) is 10.2. The van der Waals surface area contributed by atoms with Gasteiger partial charge in [0.25, 0.3) is 0 Å². The lowest BCUT2D eigenvalue weighted by atomic mass is 9.82. The van der Waals surface area contributed by atoms with Crippen LogP contribution in [0.1, 0.15) is 72.3 Å². The Morgan fingerprint density at radius 2 is 2.03 bits per heavy atom. The summed E-state index contributed by atoms with van der Waals surface area (Å²) < 4.78 is 17.8. The van der Waals surface area contributed by atoms with Crippen molar-refractivity contribution in [2.45, 2.75) is 52.0 Å². The zero-order valence-corrected chi connectivity index (χ0v) is 22.7. The van der Waals surface area contributed by atoms with E-state index in [1.807, 2.05) is 30.3 Å². The molecule has 1 aliphatic rings. The minimum absolute atomic E-state index is 0.0618. The van der Waals surface area contributed by atoms with Gasteiger partial charge in [0.1, 0.15) is 28.4 Å². The molecule has 1 fully saturated rings. The lowest BCUT2D eigenvalue weighted by Gasteiger charge is -2.25. The number of carbonyl (C=O) groups is 1. The van der Waals surface area contributed by atoms with Crippen LogP contribution in [0.25, 0.3) is 21.7 Å². The lowest BCUT2D eigenvalue weighted by Crippen LogP contribution is -2.28. The van der Waals surface area contributed by atoms with Crippen molar-refractivity contribution in [3.8, 4) is 11.5 Å². The Morgan fingerprint density at radius 3 is 2.72 bits per heavy atom. The van der Waals surface area contributed by atoms with Crippen LogP contribution in [0.2, 0.25) is 0 Å². The van der Waals surface area contributed by atoms with Gasteiger partial charge in [0.2, 0.25) is 0 Å². The number of ether oxygens (including phenoxy) is 2. The largest absolute Gasteiger partial charge is 0.507 e. The second kappa shape index (κ2) is 12.1. The third-order valence-corrected chi connectivity index (χ3v) is 7.65. The van der Waals surface area contributed by atoms with E-state index in [4.69, 9.17) is 19.6 Å². The Bertz CT molecular complexity index is 1450. The highest BCUT2D eigenvalue weighted by atomic mass is 16.5. The summed E-state index contributed by atoms with van der Waals surface area (Å²) in [4.78, 5) is 17.3. The van der Waals surface area contributed by atoms with Crippen LogP contribution in [-0.4, -0.2) is 42.4 Å². The van der Waals surface area contributed by atoms with Gasteiger partial charge >= 0.3 is 5.97 Å². The van der Waals surface area contributed by atoms with E-state index in [2.05, 4.69) is 10.3 Å². The number of phenolic OH excluding ortho intramolecular Hbond substituents is 1. The molecule has 4 N–H and O–H groups in total. The smallest absolute Gasteiger partial charge is 0.342 e. The van der Waals surface area contributed by atoms with Crippen molar-refractivity contribution in [1.29, 1.82) is 0 Å². The van der Waals surface area contributed by atoms with Gasteiger partial charge in [0.15, 0.2) is 0 Å². The summed E-state index contributed by atoms with van der Waals surface area (Å²) in [5.74, 6) is 1.53. The molecular weight excluding hydrogens is 494 g/mol. The van der Waals surface area contributed by atoms with Crippen molar-refractivity contribution in [2.75, 3.05) is 26.3 Å². The molecule has 0 saturated heterocycles. The summed E-state index contributed by atoms with van der Waals surface area (Å²) in [6.45, 7) is 5.25. The Kier molecular flexibility index (Phi) is 8.33. The summed E-state index contributed by atoms with van der Waals surface area (Å²) in [6, 6.07) is 8.89. The first kappa shape index (κ1) is 27.0. The number of fused-ring (bicyclic) bond motifs is 3. The van der Waals surface area contributed by atoms with E-state index in [9.17, 15) is 9.90 Å². The molecule has 0 aliphatic heterocycles. The monoisotopic (exact) mass is 531 g/mol. The molecule has 0 spiro atoms. The highest BCUT2D eigenvalue weighted by Gasteiger charge is 2.31. The van der Waals surface area contributed by atoms with Gasteiger partial charge in [-0.3, -0.25) is 4.98 Å². The molecule has 0 bridgehead atoms. The maximum Gasteiger partial charge on any atom is 0.342 e. The predicted molar refractivity (Wildman–Crippen MR) is 151 cm³/mol. The first-order valence-electron chi connectivity index (χ1n) is 13.9. The molecule has 8 heteroatoms. The van der Waals surface area contributed by atoms with Gasteiger partial charge in [-0.25, -0.2) is 4.79 Å². The number of nitrogens with one attached hydrogen (secondary N) is 1. The topological polar surface area (TPSA) is 120 Å². The molecule has 2 heterocycles. The van der Waals surface area contributed by atoms with Crippen molar-refractivity contribution in [2.24, 2.45) is 11.7 Å². The molecule has 4 aromatic rings. The number of aromatic hydroxyl groups is 1. The Balaban J connectivity index is 1.66. The van der Waals surface area contributed by atoms with E-state index < -0.39 is 12.0 Å². The van der Waals surface area contributed by atoms with Crippen LogP contribution < -0.4 is 15.8 Å². The van der Waals surface area contributed by atoms with Gasteiger partial charge in [-0.05, 0) is 68.5 Å². The molecule has 1 aliphatic carbocycles. The molecule has 206 valence electrons. The number of rotatable bonds is 12. The van der Waals surface area contributed by atoms with Gasteiger partial charge in [-0.2, -0.15) is 0 Å². The molecule has 2 aromatic carbocycles. The van der Waals surface area contributed by atoms with Crippen molar-refractivity contribution in [1.82, 2.24) is 10.3 Å². The van der Waals surface area contributed by atoms with Gasteiger partial charge in [0, 0.05) is 47.2 Å². The number of carbonyl (C=O) groups excluding carboxylic acids is 1. The Morgan fingerprint density at radius 1 is 1.23 bits per heavy atom. The molecule has 39 heavy (non-hydrogen) atoms. The number of nitrogens with zero attached hydrogens (tertiary/aromatic N) is 1. The maximum absolute atomic E-state index is 13.2. The number of esters is 1. The van der Waals surface area contributed by atoms with Crippen molar-refractivity contribution < 1.29 is 23.8 Å². The van der Waals surface area contributed by atoms with Crippen molar-refractivity contribution in [3.05, 3.63) is 65.2 Å². The highest BCUT2D eigenvalue weighted by Crippen LogP contribution is 2.46. The quantitative estimate of drug-likeness (QED) is 0.156. The normalized spacial score (nSPS) is 14.4. The third kappa shape index (κ3) is 5.44. The fraction of sp³-hybridized carbons (Fsp3) is 0.419. The number of hydrogen-bond acceptors (Lipinski definition) is 8. The SMILES string of the molecule is CCOC(=O)c1c(C)oc2c1c(C(NCCN)c1ccncc1)c(O)c1ccc(OCCCC3CCC3)cc12. The first-order valence-corrected chi connectivity index (χ1v) is 13.9. The van der Waals surface area contributed by atoms with Crippen LogP contribution in [0, 0.1) is 12.8 Å². The highest BCUT2D eigenvalue weighted by molar-refractivity contribution is 6.17. The third-order valence-electron chi connectivity index (χ3n) is 7.65. The maximum atomic E-state index is 13.2. The Labute approximate surface area is 228 Å². The van der Waals surface area contributed by atoms with Crippen molar-refractivity contribution >= 4 is 27.7 Å². The molecule has 1 unspecified atom stereocenters. The van der Waals surface area contributed by atoms with E-state index in [1.165, 1.54) is 25.7 Å². The molecule has 8 nitrogen and oxygen atoms in total. The number of furan rings is 1. The fourth-order valence-corrected chi connectivity index (χ4v) is 5.51. The molecule has 2 aromatic heterocycles. The number of nitrogens with two attached hydrogens (primary N) is 1. The van der Waals surface area contributed by atoms with Gasteiger partial charge in [-0.15, -0.1) is 0 Å². The van der Waals surface area contributed by atoms with E-state index >= 15 is 0 Å². The van der Waals surface area contributed by atoms with Gasteiger partial charge in [-0.1, -0.05) is 19.3 Å². The summed E-state index contributed by atoms with van der Waals surface area (Å²) in [5.41, 5.74) is 8.06. The van der Waals surface area contributed by atoms with Crippen LogP contribution in [0.5, 0.6) is 11.5 Å².